The number of fused-ring (bicyclic) bond motifs is 1. The number of methoxy groups -OCH3 is 1. The lowest BCUT2D eigenvalue weighted by Crippen LogP contribution is -2.32. The third kappa shape index (κ3) is 6.47. The molecule has 1 heterocycles. The molecule has 0 bridgehead atoms. The van der Waals surface area contributed by atoms with Gasteiger partial charge in [-0.25, -0.2) is 13.2 Å². The summed E-state index contributed by atoms with van der Waals surface area (Å²) >= 11 is 0. The van der Waals surface area contributed by atoms with Crippen LogP contribution in [0, 0.1) is 0 Å². The maximum Gasteiger partial charge on any atom is 0.337 e. The normalized spacial score (nSPS) is 14.0. The fourth-order valence-electron chi connectivity index (χ4n) is 4.42. The zero-order chi connectivity index (χ0) is 28.2. The molecule has 0 radical (unpaired) electrons. The van der Waals surface area contributed by atoms with Gasteiger partial charge in [0.1, 0.15) is 0 Å². The number of nitrogens with zero attached hydrogens (tertiary/aromatic N) is 2. The van der Waals surface area contributed by atoms with Crippen molar-refractivity contribution in [1.29, 1.82) is 0 Å². The largest absolute Gasteiger partial charge is 0.465 e. The van der Waals surface area contributed by atoms with Crippen LogP contribution in [0.25, 0.3) is 11.3 Å². The van der Waals surface area contributed by atoms with E-state index in [1.54, 1.807) is 42.5 Å². The summed E-state index contributed by atoms with van der Waals surface area (Å²) in [5, 5.41) is 6.22. The van der Waals surface area contributed by atoms with Crippen LogP contribution in [0.3, 0.4) is 0 Å². The van der Waals surface area contributed by atoms with Crippen LogP contribution in [-0.2, 0) is 19.6 Å². The monoisotopic (exact) mass is 548 g/mol. The molecule has 0 saturated heterocycles. The van der Waals surface area contributed by atoms with Gasteiger partial charge in [0.05, 0.1) is 41.6 Å². The van der Waals surface area contributed by atoms with Gasteiger partial charge in [-0.05, 0) is 69.0 Å². The first kappa shape index (κ1) is 27.9. The predicted octanol–water partition coefficient (Wildman–Crippen LogP) is 4.12. The molecule has 9 nitrogen and oxygen atoms in total. The number of rotatable bonds is 10. The second-order valence-electron chi connectivity index (χ2n) is 9.49. The fraction of sp³-hybridized carbons (Fsp3) is 0.241. The first-order valence-corrected chi connectivity index (χ1v) is 14.3. The minimum Gasteiger partial charge on any atom is -0.465 e. The minimum atomic E-state index is -3.46. The average molecular weight is 549 g/mol. The molecule has 3 aromatic rings. The third-order valence-corrected chi connectivity index (χ3v) is 7.48. The van der Waals surface area contributed by atoms with Gasteiger partial charge in [0, 0.05) is 17.8 Å². The summed E-state index contributed by atoms with van der Waals surface area (Å²) in [5.74, 6) is -0.796. The number of carbonyl (C=O) groups is 2. The van der Waals surface area contributed by atoms with Gasteiger partial charge in [0.2, 0.25) is 10.0 Å². The number of hydrogen-bond acceptors (Lipinski definition) is 7. The van der Waals surface area contributed by atoms with Crippen LogP contribution in [0.5, 0.6) is 0 Å². The van der Waals surface area contributed by atoms with E-state index in [0.29, 0.717) is 52.4 Å². The van der Waals surface area contributed by atoms with E-state index in [1.165, 1.54) is 17.7 Å². The quantitative estimate of drug-likeness (QED) is 0.290. The smallest absolute Gasteiger partial charge is 0.337 e. The highest BCUT2D eigenvalue weighted by atomic mass is 32.2. The second kappa shape index (κ2) is 11.7. The number of sulfonamides is 1. The first-order valence-electron chi connectivity index (χ1n) is 12.4. The Morgan fingerprint density at radius 3 is 2.26 bits per heavy atom. The van der Waals surface area contributed by atoms with Crippen molar-refractivity contribution in [3.8, 4) is 0 Å². The van der Waals surface area contributed by atoms with Crippen molar-refractivity contribution >= 4 is 50.2 Å². The molecule has 2 N–H and O–H groups in total. The molecule has 1 amide bonds. The van der Waals surface area contributed by atoms with E-state index < -0.39 is 16.0 Å². The number of benzene rings is 3. The highest BCUT2D eigenvalue weighted by Crippen LogP contribution is 2.38. The Hall–Kier alpha value is -4.15. The van der Waals surface area contributed by atoms with Crippen LogP contribution in [0.1, 0.15) is 27.9 Å². The van der Waals surface area contributed by atoms with Crippen molar-refractivity contribution in [1.82, 2.24) is 4.90 Å². The number of hydrogen-bond donors (Lipinski definition) is 2. The van der Waals surface area contributed by atoms with E-state index in [9.17, 15) is 18.0 Å². The van der Waals surface area contributed by atoms with Crippen molar-refractivity contribution in [2.45, 2.75) is 6.42 Å². The van der Waals surface area contributed by atoms with Crippen molar-refractivity contribution in [2.75, 3.05) is 55.5 Å². The molecular formula is C29H32N4O5S. The number of amides is 1. The SMILES string of the molecule is COC(=O)c1ccc2c(c1)NC(=O)/C2=C(\Nc1ccc(N(CCCN(C)C)S(C)(=O)=O)cc1)c1ccccc1. The van der Waals surface area contributed by atoms with Crippen LogP contribution in [0.4, 0.5) is 17.1 Å². The molecule has 3 aromatic carbocycles. The fourth-order valence-corrected chi connectivity index (χ4v) is 5.39. The molecule has 204 valence electrons. The molecule has 0 saturated carbocycles. The van der Waals surface area contributed by atoms with Crippen molar-refractivity contribution in [3.05, 3.63) is 89.5 Å². The third-order valence-electron chi connectivity index (χ3n) is 6.29. The van der Waals surface area contributed by atoms with Gasteiger partial charge in [-0.2, -0.15) is 0 Å². The van der Waals surface area contributed by atoms with Crippen molar-refractivity contribution in [2.24, 2.45) is 0 Å². The van der Waals surface area contributed by atoms with Crippen LogP contribution in [0.2, 0.25) is 0 Å². The Bertz CT molecular complexity index is 1500. The molecule has 10 heteroatoms. The lowest BCUT2D eigenvalue weighted by molar-refractivity contribution is -0.110. The van der Waals surface area contributed by atoms with E-state index in [2.05, 4.69) is 10.6 Å². The van der Waals surface area contributed by atoms with Gasteiger partial charge in [-0.15, -0.1) is 0 Å². The summed E-state index contributed by atoms with van der Waals surface area (Å²) in [6.45, 7) is 1.14. The van der Waals surface area contributed by atoms with Gasteiger partial charge in [0.15, 0.2) is 0 Å². The maximum absolute atomic E-state index is 13.2. The van der Waals surface area contributed by atoms with Gasteiger partial charge in [0.25, 0.3) is 5.91 Å². The molecule has 0 aliphatic carbocycles. The molecule has 0 fully saturated rings. The lowest BCUT2D eigenvalue weighted by atomic mass is 9.99. The summed E-state index contributed by atoms with van der Waals surface area (Å²) in [7, 11) is 1.74. The number of carbonyl (C=O) groups excluding carboxylic acids is 2. The molecular weight excluding hydrogens is 516 g/mol. The summed E-state index contributed by atoms with van der Waals surface area (Å²) in [6, 6.07) is 21.5. The Morgan fingerprint density at radius 1 is 0.949 bits per heavy atom. The zero-order valence-electron chi connectivity index (χ0n) is 22.4. The first-order chi connectivity index (χ1) is 18.6. The molecule has 39 heavy (non-hydrogen) atoms. The highest BCUT2D eigenvalue weighted by molar-refractivity contribution is 7.92. The van der Waals surface area contributed by atoms with Gasteiger partial charge < -0.3 is 20.3 Å². The lowest BCUT2D eigenvalue weighted by Gasteiger charge is -2.23. The predicted molar refractivity (Wildman–Crippen MR) is 155 cm³/mol. The van der Waals surface area contributed by atoms with Crippen molar-refractivity contribution < 1.29 is 22.7 Å². The molecule has 4 rings (SSSR count). The summed E-state index contributed by atoms with van der Waals surface area (Å²) in [5.41, 5.74) is 4.55. The van der Waals surface area contributed by atoms with Crippen molar-refractivity contribution in [3.63, 3.8) is 0 Å². The zero-order valence-corrected chi connectivity index (χ0v) is 23.2. The highest BCUT2D eigenvalue weighted by Gasteiger charge is 2.29. The standard InChI is InChI=1S/C29H32N4O5S/c1-32(2)17-8-18-33(39(4,36)37)23-14-12-22(13-15-23)30-27(20-9-6-5-7-10-20)26-24-16-11-21(29(35)38-3)19-25(24)31-28(26)34/h5-7,9-16,19,30H,8,17-18H2,1-4H3,(H,31,34)/b27-26-. The van der Waals surface area contributed by atoms with Crippen LogP contribution in [-0.4, -0.2) is 65.7 Å². The Labute approximate surface area is 229 Å². The molecule has 1 aliphatic heterocycles. The van der Waals surface area contributed by atoms with E-state index in [4.69, 9.17) is 4.74 Å². The van der Waals surface area contributed by atoms with E-state index >= 15 is 0 Å². The minimum absolute atomic E-state index is 0.306. The van der Waals surface area contributed by atoms with Gasteiger partial charge in [-0.1, -0.05) is 36.4 Å². The van der Waals surface area contributed by atoms with E-state index in [1.807, 2.05) is 49.3 Å². The molecule has 1 aliphatic rings. The molecule has 0 aromatic heterocycles. The maximum atomic E-state index is 13.2. The van der Waals surface area contributed by atoms with E-state index in [-0.39, 0.29) is 5.91 Å². The molecule has 0 spiro atoms. The Morgan fingerprint density at radius 2 is 1.64 bits per heavy atom. The molecule has 0 unspecified atom stereocenters. The second-order valence-corrected chi connectivity index (χ2v) is 11.4. The molecule has 0 atom stereocenters. The van der Waals surface area contributed by atoms with E-state index in [0.717, 1.165) is 12.1 Å². The number of nitrogens with one attached hydrogen (secondary N) is 2. The van der Waals surface area contributed by atoms with Gasteiger partial charge in [-0.3, -0.25) is 9.10 Å². The van der Waals surface area contributed by atoms with Crippen LogP contribution in [0.15, 0.2) is 72.8 Å². The summed E-state index contributed by atoms with van der Waals surface area (Å²) in [6.07, 6.45) is 1.89. The van der Waals surface area contributed by atoms with Gasteiger partial charge >= 0.3 is 5.97 Å². The number of esters is 1. The Balaban J connectivity index is 1.70. The average Bonchev–Trinajstić information content (AvgIpc) is 3.24. The Kier molecular flexibility index (Phi) is 8.37. The topological polar surface area (TPSA) is 108 Å². The number of ether oxygens (including phenoxy) is 1. The van der Waals surface area contributed by atoms with Crippen LogP contribution < -0.4 is 14.9 Å². The summed E-state index contributed by atoms with van der Waals surface area (Å²) in [4.78, 5) is 27.2. The number of anilines is 3. The summed E-state index contributed by atoms with van der Waals surface area (Å²) < 4.78 is 31.2. The van der Waals surface area contributed by atoms with Crippen LogP contribution >= 0.6 is 0 Å².